The van der Waals surface area contributed by atoms with E-state index in [0.717, 1.165) is 12.8 Å². The second kappa shape index (κ2) is 16.0. The summed E-state index contributed by atoms with van der Waals surface area (Å²) in [4.78, 5) is 0. The summed E-state index contributed by atoms with van der Waals surface area (Å²) in [6.07, 6.45) is 15.4. The molecular formula is C22H28O3Ti. The van der Waals surface area contributed by atoms with Gasteiger partial charge >= 0.3 is 114 Å². The van der Waals surface area contributed by atoms with Gasteiger partial charge in [0.25, 0.3) is 0 Å². The minimum atomic E-state index is 0. The molecule has 0 unspecified atom stereocenters. The van der Waals surface area contributed by atoms with Crippen molar-refractivity contribution in [2.75, 3.05) is 19.8 Å². The van der Waals surface area contributed by atoms with Gasteiger partial charge in [-0.15, -0.1) is 19.8 Å². The zero-order valence-electron chi connectivity index (χ0n) is 16.0. The molecule has 0 spiro atoms. The molecule has 0 saturated heterocycles. The molecule has 1 aromatic carbocycles. The molecule has 2 aliphatic rings. The molecule has 0 aromatic heterocycles. The van der Waals surface area contributed by atoms with Crippen molar-refractivity contribution in [2.24, 2.45) is 0 Å². The van der Waals surface area contributed by atoms with Crippen molar-refractivity contribution in [2.45, 2.75) is 33.6 Å². The third-order valence-corrected chi connectivity index (χ3v) is 3.92. The maximum absolute atomic E-state index is 8.93. The van der Waals surface area contributed by atoms with Crippen molar-refractivity contribution in [1.82, 2.24) is 0 Å². The molecule has 0 atom stereocenters. The average Bonchev–Trinajstić information content (AvgIpc) is 3.31. The molecule has 0 bridgehead atoms. The Labute approximate surface area is 169 Å². The first kappa shape index (κ1) is 24.8. The third-order valence-electron chi connectivity index (χ3n) is 3.27. The normalized spacial score (nSPS) is 13.5. The van der Waals surface area contributed by atoms with Crippen LogP contribution in [0.4, 0.5) is 0 Å². The van der Waals surface area contributed by atoms with Crippen LogP contribution in [0.15, 0.2) is 54.7 Å². The monoisotopic (exact) mass is 388 g/mol. The third kappa shape index (κ3) is 8.93. The van der Waals surface area contributed by atoms with Gasteiger partial charge in [-0.3, -0.25) is 0 Å². The molecule has 2 aliphatic carbocycles. The SMILES string of the molecule is CC[O-].CC[O-].CC[O-].[Ti+3][c]1cccc(C2=CC=CC2)c1C1=CC=CC1. The van der Waals surface area contributed by atoms with Gasteiger partial charge in [0.15, 0.2) is 0 Å². The van der Waals surface area contributed by atoms with E-state index in [4.69, 9.17) is 15.3 Å². The van der Waals surface area contributed by atoms with E-state index in [1.54, 1.807) is 20.8 Å². The Kier molecular flexibility index (Phi) is 15.2. The Morgan fingerprint density at radius 3 is 1.69 bits per heavy atom. The van der Waals surface area contributed by atoms with Crippen molar-refractivity contribution in [3.8, 4) is 0 Å². The fourth-order valence-corrected chi connectivity index (χ4v) is 3.06. The molecule has 0 saturated carbocycles. The van der Waals surface area contributed by atoms with Gasteiger partial charge in [0.1, 0.15) is 0 Å². The Morgan fingerprint density at radius 2 is 1.27 bits per heavy atom. The van der Waals surface area contributed by atoms with Gasteiger partial charge in [-0.1, -0.05) is 20.8 Å². The van der Waals surface area contributed by atoms with Crippen molar-refractivity contribution >= 4 is 15.0 Å². The predicted molar refractivity (Wildman–Crippen MR) is 101 cm³/mol. The number of benzene rings is 1. The first-order valence-corrected chi connectivity index (χ1v) is 9.70. The van der Waals surface area contributed by atoms with Gasteiger partial charge < -0.3 is 15.3 Å². The molecule has 26 heavy (non-hydrogen) atoms. The number of rotatable bonds is 2. The Hall–Kier alpha value is -1.23. The summed E-state index contributed by atoms with van der Waals surface area (Å²) < 4.78 is 1.38. The van der Waals surface area contributed by atoms with E-state index in [9.17, 15) is 0 Å². The van der Waals surface area contributed by atoms with Crippen molar-refractivity contribution < 1.29 is 35.8 Å². The zero-order valence-corrected chi connectivity index (χ0v) is 17.5. The fourth-order valence-electron chi connectivity index (χ4n) is 2.45. The Morgan fingerprint density at radius 1 is 0.808 bits per heavy atom. The number of hydrogen-bond donors (Lipinski definition) is 0. The summed E-state index contributed by atoms with van der Waals surface area (Å²) in [6.45, 7) is 4.71. The van der Waals surface area contributed by atoms with E-state index < -0.39 is 0 Å². The van der Waals surface area contributed by atoms with Gasteiger partial charge in [0.2, 0.25) is 0 Å². The van der Waals surface area contributed by atoms with Crippen LogP contribution in [0.5, 0.6) is 0 Å². The van der Waals surface area contributed by atoms with E-state index in [-0.39, 0.29) is 19.8 Å². The van der Waals surface area contributed by atoms with Crippen molar-refractivity contribution in [3.63, 3.8) is 0 Å². The van der Waals surface area contributed by atoms with Gasteiger partial charge in [-0.25, -0.2) is 0 Å². The number of allylic oxidation sites excluding steroid dienone is 8. The van der Waals surface area contributed by atoms with Crippen LogP contribution >= 0.6 is 0 Å². The van der Waals surface area contributed by atoms with Gasteiger partial charge in [0.05, 0.1) is 0 Å². The van der Waals surface area contributed by atoms with E-state index in [1.807, 2.05) is 0 Å². The summed E-state index contributed by atoms with van der Waals surface area (Å²) in [5, 5.41) is 26.8. The van der Waals surface area contributed by atoms with Crippen LogP contribution in [0.3, 0.4) is 0 Å². The van der Waals surface area contributed by atoms with Crippen LogP contribution in [0.25, 0.3) is 11.1 Å². The topological polar surface area (TPSA) is 69.2 Å². The molecule has 0 heterocycles. The van der Waals surface area contributed by atoms with E-state index >= 15 is 0 Å². The summed E-state index contributed by atoms with van der Waals surface area (Å²) in [5.41, 5.74) is 5.74. The summed E-state index contributed by atoms with van der Waals surface area (Å²) in [7, 11) is 0. The molecule has 0 aliphatic heterocycles. The van der Waals surface area contributed by atoms with E-state index in [0.29, 0.717) is 0 Å². The van der Waals surface area contributed by atoms with Crippen molar-refractivity contribution in [1.29, 1.82) is 0 Å². The standard InChI is InChI=1S/C16H13.3C2H5O.Ti/c1-2-8-13(7-1)15-11-5-6-12-16(15)14-9-3-4-10-14;3*1-2-3;/h1-7,9,11H,8,10H2;3*2H2,1H3;/q;3*-1;+3. The zero-order chi connectivity index (χ0) is 19.8. The summed E-state index contributed by atoms with van der Waals surface area (Å²) >= 11 is 2.21. The maximum atomic E-state index is 8.93. The second-order valence-electron chi connectivity index (χ2n) is 5.24. The first-order chi connectivity index (χ1) is 12.6. The van der Waals surface area contributed by atoms with Gasteiger partial charge in [-0.2, -0.15) is 0 Å². The van der Waals surface area contributed by atoms with Crippen LogP contribution < -0.4 is 19.2 Å². The Balaban J connectivity index is 0.000000593. The van der Waals surface area contributed by atoms with Crippen LogP contribution in [0.2, 0.25) is 0 Å². The summed E-state index contributed by atoms with van der Waals surface area (Å²) in [6, 6.07) is 6.62. The molecule has 0 fully saturated rings. The van der Waals surface area contributed by atoms with Crippen LogP contribution in [0, 0.1) is 0 Å². The van der Waals surface area contributed by atoms with E-state index in [2.05, 4.69) is 75.1 Å². The molecule has 4 heteroatoms. The molecule has 0 amide bonds. The molecule has 3 rings (SSSR count). The molecule has 3 nitrogen and oxygen atoms in total. The summed E-state index contributed by atoms with van der Waals surface area (Å²) in [5.74, 6) is 0. The molecule has 138 valence electrons. The minimum absolute atomic E-state index is 0. The predicted octanol–water partition coefficient (Wildman–Crippen LogP) is 1.65. The van der Waals surface area contributed by atoms with E-state index in [1.165, 1.54) is 26.1 Å². The van der Waals surface area contributed by atoms with Gasteiger partial charge in [0, 0.05) is 0 Å². The fraction of sp³-hybridized carbons (Fsp3) is 0.364. The quantitative estimate of drug-likeness (QED) is 0.724. The van der Waals surface area contributed by atoms with Gasteiger partial charge in [-0.05, 0) is 0 Å². The van der Waals surface area contributed by atoms with Crippen LogP contribution in [0.1, 0.15) is 44.7 Å². The van der Waals surface area contributed by atoms with Crippen molar-refractivity contribution in [3.05, 3.63) is 65.8 Å². The Bertz CT molecular complexity index is 624. The first-order valence-electron chi connectivity index (χ1n) is 8.92. The molecule has 0 radical (unpaired) electrons. The molecular weight excluding hydrogens is 360 g/mol. The average molecular weight is 388 g/mol. The van der Waals surface area contributed by atoms with Crippen LogP contribution in [-0.2, 0) is 20.4 Å². The second-order valence-corrected chi connectivity index (χ2v) is 6.08. The molecule has 1 aromatic rings. The molecule has 0 N–H and O–H groups in total. The van der Waals surface area contributed by atoms with Crippen LogP contribution in [-0.4, -0.2) is 19.8 Å². The number of hydrogen-bond acceptors (Lipinski definition) is 3.